The number of fused-ring (bicyclic) bond motifs is 3. The van der Waals surface area contributed by atoms with Crippen molar-refractivity contribution in [2.75, 3.05) is 41.0 Å². The fraction of sp³-hybridized carbons (Fsp3) is 0.548. The molecule has 0 atom stereocenters. The highest BCUT2D eigenvalue weighted by Crippen LogP contribution is 2.46. The number of hydrogen-bond donors (Lipinski definition) is 1. The van der Waals surface area contributed by atoms with E-state index < -0.39 is 5.54 Å². The molecule has 40 heavy (non-hydrogen) atoms. The van der Waals surface area contributed by atoms with E-state index in [0.717, 1.165) is 53.3 Å². The quantitative estimate of drug-likeness (QED) is 0.516. The van der Waals surface area contributed by atoms with E-state index in [1.54, 1.807) is 21.3 Å². The van der Waals surface area contributed by atoms with Gasteiger partial charge < -0.3 is 29.3 Å². The molecule has 1 aromatic rings. The van der Waals surface area contributed by atoms with Crippen LogP contribution in [0.5, 0.6) is 11.5 Å². The van der Waals surface area contributed by atoms with Gasteiger partial charge in [-0.25, -0.2) is 9.59 Å². The summed E-state index contributed by atoms with van der Waals surface area (Å²) in [5.41, 5.74) is 3.52. The summed E-state index contributed by atoms with van der Waals surface area (Å²) in [7, 11) is 4.97. The minimum Gasteiger partial charge on any atom is -0.501 e. The molecule has 0 unspecified atom stereocenters. The third-order valence-corrected chi connectivity index (χ3v) is 8.32. The van der Waals surface area contributed by atoms with Crippen molar-refractivity contribution in [3.8, 4) is 11.5 Å². The number of piperidine rings is 1. The largest absolute Gasteiger partial charge is 0.501 e. The molecule has 4 aliphatic rings. The van der Waals surface area contributed by atoms with Crippen molar-refractivity contribution < 1.29 is 23.8 Å². The van der Waals surface area contributed by atoms with Crippen molar-refractivity contribution in [1.82, 2.24) is 20.0 Å². The van der Waals surface area contributed by atoms with E-state index in [2.05, 4.69) is 17.5 Å². The maximum Gasteiger partial charge on any atom is 0.325 e. The van der Waals surface area contributed by atoms with Gasteiger partial charge >= 0.3 is 12.1 Å². The lowest BCUT2D eigenvalue weighted by Crippen LogP contribution is -2.56. The molecule has 3 heterocycles. The Kier molecular flexibility index (Phi) is 9.32. The second kappa shape index (κ2) is 12.7. The number of likely N-dealkylation sites (tertiary alicyclic amines) is 1. The molecule has 0 saturated carbocycles. The molecule has 0 bridgehead atoms. The van der Waals surface area contributed by atoms with E-state index in [1.165, 1.54) is 0 Å². The van der Waals surface area contributed by atoms with Gasteiger partial charge in [-0.2, -0.15) is 0 Å². The van der Waals surface area contributed by atoms with Gasteiger partial charge in [-0.05, 0) is 56.7 Å². The van der Waals surface area contributed by atoms with Crippen LogP contribution in [0.4, 0.5) is 9.59 Å². The Bertz CT molecular complexity index is 1200. The summed E-state index contributed by atoms with van der Waals surface area (Å²) in [4.78, 5) is 32.7. The SMILES string of the molecule is CC.CCN1C(=O)N2Cc3cc(OC)cc(OC)c3CC=C2C12CCN(C(=O)NC1=CCCCC(OC)=C1)CC2. The van der Waals surface area contributed by atoms with Crippen LogP contribution in [0.3, 0.4) is 0 Å². The highest BCUT2D eigenvalue weighted by atomic mass is 16.5. The van der Waals surface area contributed by atoms with E-state index in [0.29, 0.717) is 51.2 Å². The van der Waals surface area contributed by atoms with Gasteiger partial charge in [0, 0.05) is 49.1 Å². The Labute approximate surface area is 238 Å². The lowest BCUT2D eigenvalue weighted by molar-refractivity contribution is 0.104. The van der Waals surface area contributed by atoms with Crippen molar-refractivity contribution in [2.45, 2.75) is 71.4 Å². The Hall–Kier alpha value is -3.62. The van der Waals surface area contributed by atoms with Crippen LogP contribution in [0.1, 0.15) is 64.0 Å². The van der Waals surface area contributed by atoms with E-state index in [-0.39, 0.29) is 12.1 Å². The van der Waals surface area contributed by atoms with Gasteiger partial charge in [0.2, 0.25) is 0 Å². The number of nitrogens with one attached hydrogen (secondary N) is 1. The molecule has 4 amide bonds. The topological polar surface area (TPSA) is 83.6 Å². The average Bonchev–Trinajstić information content (AvgIpc) is 3.22. The molecule has 9 nitrogen and oxygen atoms in total. The Morgan fingerprint density at radius 2 is 1.80 bits per heavy atom. The highest BCUT2D eigenvalue weighted by molar-refractivity contribution is 5.83. The summed E-state index contributed by atoms with van der Waals surface area (Å²) in [6.45, 7) is 8.25. The highest BCUT2D eigenvalue weighted by Gasteiger charge is 2.54. The van der Waals surface area contributed by atoms with Crippen LogP contribution >= 0.6 is 0 Å². The molecule has 1 aliphatic carbocycles. The summed E-state index contributed by atoms with van der Waals surface area (Å²) in [5.74, 6) is 2.37. The Morgan fingerprint density at radius 3 is 2.45 bits per heavy atom. The lowest BCUT2D eigenvalue weighted by atomic mass is 9.83. The number of carbonyl (C=O) groups is 2. The number of amides is 4. The number of nitrogens with zero attached hydrogens (tertiary/aromatic N) is 3. The zero-order valence-corrected chi connectivity index (χ0v) is 24.8. The maximum atomic E-state index is 13.7. The minimum absolute atomic E-state index is 0.0205. The summed E-state index contributed by atoms with van der Waals surface area (Å²) < 4.78 is 16.6. The molecule has 1 aromatic carbocycles. The van der Waals surface area contributed by atoms with Gasteiger partial charge in [0.25, 0.3) is 0 Å². The van der Waals surface area contributed by atoms with Crippen LogP contribution in [0.2, 0.25) is 0 Å². The minimum atomic E-state index is -0.424. The first-order valence-corrected chi connectivity index (χ1v) is 14.5. The summed E-state index contributed by atoms with van der Waals surface area (Å²) in [6.07, 6.45) is 11.0. The molecule has 5 rings (SSSR count). The lowest BCUT2D eigenvalue weighted by Gasteiger charge is -2.44. The molecule has 1 N–H and O–H groups in total. The van der Waals surface area contributed by atoms with Crippen LogP contribution in [-0.2, 0) is 17.7 Å². The number of methoxy groups -OCH3 is 3. The van der Waals surface area contributed by atoms with Crippen LogP contribution < -0.4 is 14.8 Å². The van der Waals surface area contributed by atoms with Gasteiger partial charge in [-0.3, -0.25) is 4.90 Å². The van der Waals surface area contributed by atoms with Gasteiger partial charge in [0.15, 0.2) is 0 Å². The van der Waals surface area contributed by atoms with Crippen molar-refractivity contribution >= 4 is 12.1 Å². The molecule has 218 valence electrons. The van der Waals surface area contributed by atoms with Gasteiger partial charge in [-0.1, -0.05) is 26.0 Å². The number of hydrogen-bond acceptors (Lipinski definition) is 5. The fourth-order valence-corrected chi connectivity index (χ4v) is 6.32. The zero-order chi connectivity index (χ0) is 28.9. The van der Waals surface area contributed by atoms with Crippen molar-refractivity contribution in [2.24, 2.45) is 0 Å². The molecule has 3 aliphatic heterocycles. The number of likely N-dealkylation sites (N-methyl/N-ethyl adjacent to an activating group) is 1. The predicted octanol–water partition coefficient (Wildman–Crippen LogP) is 5.57. The molecule has 2 saturated heterocycles. The van der Waals surface area contributed by atoms with Crippen LogP contribution in [0.15, 0.2) is 47.5 Å². The van der Waals surface area contributed by atoms with Crippen LogP contribution in [-0.4, -0.2) is 73.3 Å². The van der Waals surface area contributed by atoms with Crippen LogP contribution in [0, 0.1) is 0 Å². The van der Waals surface area contributed by atoms with E-state index in [1.807, 2.05) is 53.7 Å². The first kappa shape index (κ1) is 29.4. The van der Waals surface area contributed by atoms with Crippen LogP contribution in [0.25, 0.3) is 0 Å². The normalized spacial score (nSPS) is 19.6. The molecule has 0 aromatic heterocycles. The fourth-order valence-electron chi connectivity index (χ4n) is 6.32. The molecule has 9 heteroatoms. The summed E-state index contributed by atoms with van der Waals surface area (Å²) in [5, 5.41) is 3.07. The van der Waals surface area contributed by atoms with E-state index in [4.69, 9.17) is 14.2 Å². The van der Waals surface area contributed by atoms with Gasteiger partial charge in [-0.15, -0.1) is 0 Å². The van der Waals surface area contributed by atoms with Crippen molar-refractivity contribution in [3.05, 3.63) is 58.6 Å². The summed E-state index contributed by atoms with van der Waals surface area (Å²) >= 11 is 0. The first-order valence-electron chi connectivity index (χ1n) is 14.5. The second-order valence-corrected chi connectivity index (χ2v) is 10.2. The number of ether oxygens (including phenoxy) is 3. The zero-order valence-electron chi connectivity index (χ0n) is 24.8. The monoisotopic (exact) mass is 552 g/mol. The van der Waals surface area contributed by atoms with Crippen molar-refractivity contribution in [1.29, 1.82) is 0 Å². The Morgan fingerprint density at radius 1 is 1.05 bits per heavy atom. The third kappa shape index (κ3) is 5.38. The summed E-state index contributed by atoms with van der Waals surface area (Å²) in [6, 6.07) is 3.81. The smallest absolute Gasteiger partial charge is 0.325 e. The molecule has 0 radical (unpaired) electrons. The number of rotatable bonds is 5. The third-order valence-electron chi connectivity index (χ3n) is 8.32. The molecule has 2 fully saturated rings. The Balaban J connectivity index is 0.00000181. The number of carbonyl (C=O) groups excluding carboxylic acids is 2. The van der Waals surface area contributed by atoms with E-state index in [9.17, 15) is 9.59 Å². The first-order chi connectivity index (χ1) is 19.4. The van der Waals surface area contributed by atoms with E-state index >= 15 is 0 Å². The number of urea groups is 2. The van der Waals surface area contributed by atoms with Gasteiger partial charge in [0.05, 0.1) is 39.2 Å². The molecule has 1 spiro atoms. The van der Waals surface area contributed by atoms with Crippen molar-refractivity contribution in [3.63, 3.8) is 0 Å². The standard InChI is InChI=1S/C29H38N4O5.C2H6/c1-5-33-28(35)32-19-20-16-23(37-3)18-25(38-4)24(20)10-11-26(32)29(33)12-14-31(15-13-29)27(34)30-21-8-6-7-9-22(17-21)36-2;1-2/h8,11,16-18H,5-7,9-10,12-15,19H2,1-4H3,(H,30,34);1-2H3. The second-order valence-electron chi connectivity index (χ2n) is 10.2. The predicted molar refractivity (Wildman–Crippen MR) is 155 cm³/mol. The average molecular weight is 553 g/mol. The number of benzene rings is 1. The maximum absolute atomic E-state index is 13.7. The number of allylic oxidation sites excluding steroid dienone is 4. The molecular weight excluding hydrogens is 508 g/mol. The molecular formula is C31H44N4O5. The van der Waals surface area contributed by atoms with Gasteiger partial charge in [0.1, 0.15) is 11.5 Å².